The van der Waals surface area contributed by atoms with Crippen LogP contribution in [0.1, 0.15) is 10.5 Å². The standard InChI is InChI=1S/C12H7Cl3N2O2/c13-6-2-1-3-7(14)10(6)16-9-5-4-8(15)11(17-9)12(18)19/h1-5H,(H,16,17)(H,18,19). The first-order chi connectivity index (χ1) is 8.99. The molecule has 2 aromatic rings. The Morgan fingerprint density at radius 1 is 1.05 bits per heavy atom. The SMILES string of the molecule is O=C(O)c1nc(Nc2c(Cl)cccc2Cl)ccc1Cl. The molecule has 0 amide bonds. The second kappa shape index (κ2) is 5.65. The van der Waals surface area contributed by atoms with Gasteiger partial charge in [-0.25, -0.2) is 9.78 Å². The highest BCUT2D eigenvalue weighted by atomic mass is 35.5. The van der Waals surface area contributed by atoms with Crippen LogP contribution in [-0.2, 0) is 0 Å². The van der Waals surface area contributed by atoms with Crippen LogP contribution in [0.25, 0.3) is 0 Å². The smallest absolute Gasteiger partial charge is 0.356 e. The fourth-order valence-corrected chi connectivity index (χ4v) is 2.09. The number of aromatic carboxylic acids is 1. The van der Waals surface area contributed by atoms with Gasteiger partial charge in [0.05, 0.1) is 20.8 Å². The number of rotatable bonds is 3. The Kier molecular flexibility index (Phi) is 4.14. The molecule has 1 aromatic heterocycles. The molecule has 2 N–H and O–H groups in total. The van der Waals surface area contributed by atoms with E-state index >= 15 is 0 Å². The Morgan fingerprint density at radius 2 is 1.68 bits per heavy atom. The van der Waals surface area contributed by atoms with Gasteiger partial charge in [-0.3, -0.25) is 0 Å². The Balaban J connectivity index is 2.39. The van der Waals surface area contributed by atoms with Crippen molar-refractivity contribution in [2.45, 2.75) is 0 Å². The molecular weight excluding hydrogens is 311 g/mol. The third-order valence-corrected chi connectivity index (χ3v) is 3.20. The number of nitrogens with one attached hydrogen (secondary N) is 1. The molecule has 1 aromatic carbocycles. The predicted octanol–water partition coefficient (Wildman–Crippen LogP) is 4.48. The molecule has 0 spiro atoms. The largest absolute Gasteiger partial charge is 0.476 e. The molecule has 0 radical (unpaired) electrons. The van der Waals surface area contributed by atoms with Crippen LogP contribution in [0.15, 0.2) is 30.3 Å². The number of nitrogens with zero attached hydrogens (tertiary/aromatic N) is 1. The van der Waals surface area contributed by atoms with Crippen molar-refractivity contribution in [2.24, 2.45) is 0 Å². The molecule has 0 aliphatic rings. The molecule has 0 saturated heterocycles. The van der Waals surface area contributed by atoms with E-state index in [9.17, 15) is 4.79 Å². The first kappa shape index (κ1) is 13.9. The Labute approximate surface area is 123 Å². The average molecular weight is 318 g/mol. The van der Waals surface area contributed by atoms with E-state index in [2.05, 4.69) is 10.3 Å². The molecule has 1 heterocycles. The van der Waals surface area contributed by atoms with Gasteiger partial charge in [0.1, 0.15) is 5.82 Å². The second-order valence-electron chi connectivity index (χ2n) is 3.55. The van der Waals surface area contributed by atoms with Crippen molar-refractivity contribution in [2.75, 3.05) is 5.32 Å². The zero-order valence-electron chi connectivity index (χ0n) is 9.32. The van der Waals surface area contributed by atoms with Crippen molar-refractivity contribution in [1.82, 2.24) is 4.98 Å². The van der Waals surface area contributed by atoms with Gasteiger partial charge in [-0.05, 0) is 24.3 Å². The van der Waals surface area contributed by atoms with Crippen LogP contribution in [0.4, 0.5) is 11.5 Å². The Morgan fingerprint density at radius 3 is 2.26 bits per heavy atom. The van der Waals surface area contributed by atoms with Crippen molar-refractivity contribution >= 4 is 52.3 Å². The number of carboxylic acids is 1. The third-order valence-electron chi connectivity index (χ3n) is 2.26. The minimum Gasteiger partial charge on any atom is -0.476 e. The number of aromatic nitrogens is 1. The lowest BCUT2D eigenvalue weighted by atomic mass is 10.3. The molecule has 19 heavy (non-hydrogen) atoms. The second-order valence-corrected chi connectivity index (χ2v) is 4.78. The predicted molar refractivity (Wildman–Crippen MR) is 76.0 cm³/mol. The molecule has 4 nitrogen and oxygen atoms in total. The molecule has 0 bridgehead atoms. The normalized spacial score (nSPS) is 10.3. The van der Waals surface area contributed by atoms with Gasteiger partial charge in [0.15, 0.2) is 5.69 Å². The van der Waals surface area contributed by atoms with E-state index in [0.717, 1.165) is 0 Å². The number of carboxylic acid groups (broad SMARTS) is 1. The average Bonchev–Trinajstić information content (AvgIpc) is 2.35. The topological polar surface area (TPSA) is 62.2 Å². The summed E-state index contributed by atoms with van der Waals surface area (Å²) in [7, 11) is 0. The van der Waals surface area contributed by atoms with Gasteiger partial charge in [-0.1, -0.05) is 40.9 Å². The molecule has 0 aliphatic heterocycles. The van der Waals surface area contributed by atoms with Crippen LogP contribution in [0.2, 0.25) is 15.1 Å². The van der Waals surface area contributed by atoms with Gasteiger partial charge in [-0.15, -0.1) is 0 Å². The van der Waals surface area contributed by atoms with E-state index in [-0.39, 0.29) is 16.5 Å². The Hall–Kier alpha value is -1.49. The number of benzene rings is 1. The maximum Gasteiger partial charge on any atom is 0.356 e. The highest BCUT2D eigenvalue weighted by molar-refractivity contribution is 6.39. The molecule has 0 saturated carbocycles. The summed E-state index contributed by atoms with van der Waals surface area (Å²) in [5.41, 5.74) is 0.215. The fourth-order valence-electron chi connectivity index (χ4n) is 1.41. The van der Waals surface area contributed by atoms with Crippen LogP contribution in [0.5, 0.6) is 0 Å². The van der Waals surface area contributed by atoms with Crippen molar-refractivity contribution in [3.8, 4) is 0 Å². The molecule has 7 heteroatoms. The van der Waals surface area contributed by atoms with Crippen molar-refractivity contribution in [1.29, 1.82) is 0 Å². The van der Waals surface area contributed by atoms with E-state index in [0.29, 0.717) is 15.7 Å². The summed E-state index contributed by atoms with van der Waals surface area (Å²) >= 11 is 17.7. The molecular formula is C12H7Cl3N2O2. The van der Waals surface area contributed by atoms with Crippen LogP contribution in [0.3, 0.4) is 0 Å². The molecule has 2 rings (SSSR count). The van der Waals surface area contributed by atoms with Gasteiger partial charge in [0.2, 0.25) is 0 Å². The van der Waals surface area contributed by atoms with Crippen LogP contribution >= 0.6 is 34.8 Å². The highest BCUT2D eigenvalue weighted by Gasteiger charge is 2.13. The van der Waals surface area contributed by atoms with Crippen LogP contribution < -0.4 is 5.32 Å². The van der Waals surface area contributed by atoms with Gasteiger partial charge in [-0.2, -0.15) is 0 Å². The summed E-state index contributed by atoms with van der Waals surface area (Å²) < 4.78 is 0. The highest BCUT2D eigenvalue weighted by Crippen LogP contribution is 2.32. The number of hydrogen-bond acceptors (Lipinski definition) is 3. The minimum atomic E-state index is -1.21. The number of pyridine rings is 1. The van der Waals surface area contributed by atoms with Crippen molar-refractivity contribution in [3.63, 3.8) is 0 Å². The molecule has 98 valence electrons. The van der Waals surface area contributed by atoms with Gasteiger partial charge in [0.25, 0.3) is 0 Å². The first-order valence-corrected chi connectivity index (χ1v) is 6.23. The number of halogens is 3. The number of hydrogen-bond donors (Lipinski definition) is 2. The summed E-state index contributed by atoms with van der Waals surface area (Å²) in [4.78, 5) is 14.8. The zero-order valence-corrected chi connectivity index (χ0v) is 11.6. The fraction of sp³-hybridized carbons (Fsp3) is 0. The molecule has 0 fully saturated rings. The summed E-state index contributed by atoms with van der Waals surface area (Å²) in [6.45, 7) is 0. The van der Waals surface area contributed by atoms with Crippen LogP contribution in [0, 0.1) is 0 Å². The maximum atomic E-state index is 10.9. The first-order valence-electron chi connectivity index (χ1n) is 5.10. The lowest BCUT2D eigenvalue weighted by Crippen LogP contribution is -2.04. The van der Waals surface area contributed by atoms with Gasteiger partial charge < -0.3 is 10.4 Å². The monoisotopic (exact) mass is 316 g/mol. The van der Waals surface area contributed by atoms with E-state index in [1.165, 1.54) is 12.1 Å². The van der Waals surface area contributed by atoms with E-state index in [1.54, 1.807) is 18.2 Å². The van der Waals surface area contributed by atoms with E-state index in [4.69, 9.17) is 39.9 Å². The summed E-state index contributed by atoms with van der Waals surface area (Å²) in [6.07, 6.45) is 0. The lowest BCUT2D eigenvalue weighted by molar-refractivity contribution is 0.0691. The number of anilines is 2. The Bertz CT molecular complexity index is 627. The quantitative estimate of drug-likeness (QED) is 0.876. The minimum absolute atomic E-state index is 0.0586. The van der Waals surface area contributed by atoms with E-state index in [1.807, 2.05) is 0 Å². The lowest BCUT2D eigenvalue weighted by Gasteiger charge is -2.10. The molecule has 0 atom stereocenters. The van der Waals surface area contributed by atoms with Crippen molar-refractivity contribution in [3.05, 3.63) is 51.1 Å². The van der Waals surface area contributed by atoms with E-state index < -0.39 is 5.97 Å². The van der Waals surface area contributed by atoms with Crippen molar-refractivity contribution < 1.29 is 9.90 Å². The summed E-state index contributed by atoms with van der Waals surface area (Å²) in [6, 6.07) is 7.99. The van der Waals surface area contributed by atoms with Gasteiger partial charge >= 0.3 is 5.97 Å². The number of carbonyl (C=O) groups is 1. The molecule has 0 unspecified atom stereocenters. The van der Waals surface area contributed by atoms with Gasteiger partial charge in [0, 0.05) is 0 Å². The summed E-state index contributed by atoms with van der Waals surface area (Å²) in [5, 5.41) is 12.7. The summed E-state index contributed by atoms with van der Waals surface area (Å²) in [5.74, 6) is -0.921. The molecule has 0 aliphatic carbocycles. The number of para-hydroxylation sites is 1. The zero-order chi connectivity index (χ0) is 14.0. The third kappa shape index (κ3) is 3.10. The van der Waals surface area contributed by atoms with Crippen LogP contribution in [-0.4, -0.2) is 16.1 Å². The maximum absolute atomic E-state index is 10.9.